The van der Waals surface area contributed by atoms with Crippen LogP contribution in [0, 0.1) is 17.8 Å². The second kappa shape index (κ2) is 15.9. The third-order valence-corrected chi connectivity index (χ3v) is 7.63. The highest BCUT2D eigenvalue weighted by Crippen LogP contribution is 2.22. The summed E-state index contributed by atoms with van der Waals surface area (Å²) in [6.07, 6.45) is -3.36. The highest BCUT2D eigenvalue weighted by atomic mass is 16.6. The first kappa shape index (κ1) is 36.8. The average molecular weight is 598 g/mol. The molecule has 12 heteroatoms. The van der Waals surface area contributed by atoms with Gasteiger partial charge in [-0.1, -0.05) is 62.3 Å². The number of amides is 3. The summed E-state index contributed by atoms with van der Waals surface area (Å²) in [4.78, 5) is 84.5. The molecule has 0 aromatic heterocycles. The molecule has 1 rings (SSSR count). The van der Waals surface area contributed by atoms with Crippen LogP contribution in [-0.2, 0) is 43.0 Å². The van der Waals surface area contributed by atoms with Gasteiger partial charge in [-0.05, 0) is 37.0 Å². The minimum Gasteiger partial charge on any atom is -0.451 e. The molecule has 1 fully saturated rings. The van der Waals surface area contributed by atoms with Crippen LogP contribution in [0.15, 0.2) is 0 Å². The lowest BCUT2D eigenvalue weighted by atomic mass is 10.0. The fourth-order valence-electron chi connectivity index (χ4n) is 5.28. The van der Waals surface area contributed by atoms with Crippen molar-refractivity contribution >= 4 is 35.6 Å². The van der Waals surface area contributed by atoms with E-state index in [1.807, 2.05) is 0 Å². The molecule has 0 aromatic carbocycles. The summed E-state index contributed by atoms with van der Waals surface area (Å²) in [6.45, 7) is 15.4. The molecule has 240 valence electrons. The molecule has 42 heavy (non-hydrogen) atoms. The lowest BCUT2D eigenvalue weighted by Crippen LogP contribution is -2.56. The monoisotopic (exact) mass is 597 g/mol. The third-order valence-electron chi connectivity index (χ3n) is 7.63. The van der Waals surface area contributed by atoms with E-state index in [0.717, 1.165) is 0 Å². The third kappa shape index (κ3) is 8.44. The summed E-state index contributed by atoms with van der Waals surface area (Å²) >= 11 is 0. The number of carbonyl (C=O) groups is 6. The molecule has 0 saturated carbocycles. The van der Waals surface area contributed by atoms with Gasteiger partial charge in [0.25, 0.3) is 17.7 Å². The van der Waals surface area contributed by atoms with Crippen LogP contribution in [0.1, 0.15) is 81.6 Å². The summed E-state index contributed by atoms with van der Waals surface area (Å²) in [6, 6.07) is -3.26. The van der Waals surface area contributed by atoms with Crippen molar-refractivity contribution in [2.75, 3.05) is 21.1 Å². The van der Waals surface area contributed by atoms with E-state index in [1.54, 1.807) is 62.3 Å². The number of rotatable bonds is 6. The molecule has 3 amide bonds. The largest absolute Gasteiger partial charge is 0.451 e. The number of nitrogens with zero attached hydrogens (tertiary/aromatic N) is 3. The maximum Gasteiger partial charge on any atom is 0.329 e. The molecular formula is C30H51N3O9. The maximum absolute atomic E-state index is 13.5. The smallest absolute Gasteiger partial charge is 0.329 e. The predicted octanol–water partition coefficient (Wildman–Crippen LogP) is 2.41. The first-order chi connectivity index (χ1) is 19.5. The second-order valence-corrected chi connectivity index (χ2v) is 11.9. The molecule has 0 spiro atoms. The van der Waals surface area contributed by atoms with Crippen molar-refractivity contribution in [2.45, 2.75) is 118 Å². The molecule has 6 atom stereocenters. The number of cyclic esters (lactones) is 3. The van der Waals surface area contributed by atoms with Crippen molar-refractivity contribution in [3.05, 3.63) is 0 Å². The van der Waals surface area contributed by atoms with Crippen LogP contribution >= 0.6 is 0 Å². The van der Waals surface area contributed by atoms with Gasteiger partial charge in [0, 0.05) is 21.1 Å². The Bertz CT molecular complexity index is 873. The van der Waals surface area contributed by atoms with Gasteiger partial charge in [-0.25, -0.2) is 14.4 Å². The van der Waals surface area contributed by atoms with Crippen LogP contribution in [0.4, 0.5) is 0 Å². The highest BCUT2D eigenvalue weighted by molar-refractivity contribution is 5.93. The van der Waals surface area contributed by atoms with E-state index in [-0.39, 0.29) is 19.3 Å². The van der Waals surface area contributed by atoms with Gasteiger partial charge in [-0.15, -0.1) is 0 Å². The fourth-order valence-corrected chi connectivity index (χ4v) is 5.28. The number of likely N-dealkylation sites (N-methyl/N-ethyl adjacent to an activating group) is 3. The number of hydrogen-bond acceptors (Lipinski definition) is 9. The minimum atomic E-state index is -1.23. The minimum absolute atomic E-state index is 0.115. The summed E-state index contributed by atoms with van der Waals surface area (Å²) < 4.78 is 17.0. The Labute approximate surface area is 250 Å². The lowest BCUT2D eigenvalue weighted by Gasteiger charge is -2.37. The van der Waals surface area contributed by atoms with Crippen molar-refractivity contribution in [2.24, 2.45) is 17.8 Å². The van der Waals surface area contributed by atoms with Crippen LogP contribution in [0.25, 0.3) is 0 Å². The van der Waals surface area contributed by atoms with Crippen LogP contribution in [0.2, 0.25) is 0 Å². The Balaban J connectivity index is 3.77. The number of ether oxygens (including phenoxy) is 3. The van der Waals surface area contributed by atoms with Crippen molar-refractivity contribution in [3.8, 4) is 0 Å². The zero-order valence-electron chi connectivity index (χ0n) is 27.3. The molecule has 1 aliphatic heterocycles. The van der Waals surface area contributed by atoms with Gasteiger partial charge in [0.1, 0.15) is 18.1 Å². The van der Waals surface area contributed by atoms with Gasteiger partial charge < -0.3 is 28.9 Å². The Hall–Kier alpha value is -3.18. The standard InChI is InChI=1S/C30H51N3O9/c1-13-19-25(34)31(10)23(17(6)7)29(38)41-21(15-3)27(36)33(12)24(18(8)9)30(39)42-20(14-2)26(35)32(11)22(16(4)5)28(37)40-19/h16-24H,13-15H2,1-12H3/t19-,20-,21-,22+,23+,24+/m1/s1. The first-order valence-electron chi connectivity index (χ1n) is 14.9. The maximum atomic E-state index is 13.5. The summed E-state index contributed by atoms with van der Waals surface area (Å²) in [7, 11) is 4.26. The molecule has 12 nitrogen and oxygen atoms in total. The summed E-state index contributed by atoms with van der Waals surface area (Å²) in [5.74, 6) is -5.46. The van der Waals surface area contributed by atoms with Gasteiger partial charge in [-0.3, -0.25) is 14.4 Å². The van der Waals surface area contributed by atoms with Crippen molar-refractivity contribution in [1.82, 2.24) is 14.7 Å². The topological polar surface area (TPSA) is 140 Å². The zero-order chi connectivity index (χ0) is 32.6. The SMILES string of the molecule is CC[C@H]1OC(=O)[C@H](C(C)C)N(C)C(=O)[C@@H](CC)OC(=O)[C@H](C(C)C)N(C)C(=O)[C@@H](CC)OC(=O)[C@H](C(C)C)N(C)C1=O. The van der Waals surface area contributed by atoms with Gasteiger partial charge in [0.2, 0.25) is 0 Å². The quantitative estimate of drug-likeness (QED) is 0.334. The van der Waals surface area contributed by atoms with Gasteiger partial charge in [-0.2, -0.15) is 0 Å². The molecule has 0 unspecified atom stereocenters. The molecule has 0 radical (unpaired) electrons. The van der Waals surface area contributed by atoms with Crippen LogP contribution in [0.5, 0.6) is 0 Å². The first-order valence-corrected chi connectivity index (χ1v) is 14.9. The molecule has 0 bridgehead atoms. The molecule has 0 N–H and O–H groups in total. The normalized spacial score (nSPS) is 28.2. The van der Waals surface area contributed by atoms with Crippen LogP contribution < -0.4 is 0 Å². The van der Waals surface area contributed by atoms with E-state index in [0.29, 0.717) is 0 Å². The number of hydrogen-bond donors (Lipinski definition) is 0. The van der Waals surface area contributed by atoms with Gasteiger partial charge in [0.05, 0.1) is 0 Å². The Morgan fingerprint density at radius 3 is 0.810 bits per heavy atom. The molecule has 1 saturated heterocycles. The molecule has 0 aliphatic carbocycles. The summed E-state index contributed by atoms with van der Waals surface area (Å²) in [5.41, 5.74) is 0. The molecule has 1 aliphatic rings. The Kier molecular flexibility index (Phi) is 13.9. The van der Waals surface area contributed by atoms with E-state index in [2.05, 4.69) is 0 Å². The van der Waals surface area contributed by atoms with E-state index in [4.69, 9.17) is 14.2 Å². The second-order valence-electron chi connectivity index (χ2n) is 11.9. The average Bonchev–Trinajstić information content (AvgIpc) is 2.90. The lowest BCUT2D eigenvalue weighted by molar-refractivity contribution is -0.178. The zero-order valence-corrected chi connectivity index (χ0v) is 27.3. The Morgan fingerprint density at radius 1 is 0.476 bits per heavy atom. The van der Waals surface area contributed by atoms with E-state index in [9.17, 15) is 28.8 Å². The van der Waals surface area contributed by atoms with Crippen LogP contribution in [-0.4, -0.2) is 108 Å². The van der Waals surface area contributed by atoms with Crippen LogP contribution in [0.3, 0.4) is 0 Å². The van der Waals surface area contributed by atoms with Crippen molar-refractivity contribution in [3.63, 3.8) is 0 Å². The molecule has 1 heterocycles. The molecular weight excluding hydrogens is 546 g/mol. The summed E-state index contributed by atoms with van der Waals surface area (Å²) in [5, 5.41) is 0. The molecule has 0 aromatic rings. The van der Waals surface area contributed by atoms with E-state index < -0.39 is 89.8 Å². The Morgan fingerprint density at radius 2 is 0.667 bits per heavy atom. The van der Waals surface area contributed by atoms with E-state index in [1.165, 1.54) is 35.8 Å². The number of carbonyl (C=O) groups excluding carboxylic acids is 6. The van der Waals surface area contributed by atoms with Crippen molar-refractivity contribution in [1.29, 1.82) is 0 Å². The highest BCUT2D eigenvalue weighted by Gasteiger charge is 2.43. The fraction of sp³-hybridized carbons (Fsp3) is 0.800. The van der Waals surface area contributed by atoms with Gasteiger partial charge in [0.15, 0.2) is 18.3 Å². The number of esters is 3. The van der Waals surface area contributed by atoms with Gasteiger partial charge >= 0.3 is 17.9 Å². The predicted molar refractivity (Wildman–Crippen MR) is 155 cm³/mol. The van der Waals surface area contributed by atoms with Crippen molar-refractivity contribution < 1.29 is 43.0 Å². The van der Waals surface area contributed by atoms with E-state index >= 15 is 0 Å².